The van der Waals surface area contributed by atoms with E-state index in [0.29, 0.717) is 11.5 Å². The van der Waals surface area contributed by atoms with E-state index in [0.717, 1.165) is 11.1 Å². The van der Waals surface area contributed by atoms with Gasteiger partial charge in [0.2, 0.25) is 0 Å². The van der Waals surface area contributed by atoms with Crippen molar-refractivity contribution in [3.63, 3.8) is 0 Å². The van der Waals surface area contributed by atoms with Crippen LogP contribution >= 0.6 is 34.8 Å². The second kappa shape index (κ2) is 8.25. The van der Waals surface area contributed by atoms with E-state index in [1.165, 1.54) is 18.1 Å². The van der Waals surface area contributed by atoms with Gasteiger partial charge in [-0.25, -0.2) is 0 Å². The van der Waals surface area contributed by atoms with E-state index >= 15 is 0 Å². The highest BCUT2D eigenvalue weighted by molar-refractivity contribution is 6.45. The summed E-state index contributed by atoms with van der Waals surface area (Å²) in [6, 6.07) is 4.91. The normalized spacial score (nSPS) is 10.6. The van der Waals surface area contributed by atoms with Crippen molar-refractivity contribution < 1.29 is 19.4 Å². The van der Waals surface area contributed by atoms with Gasteiger partial charge in [0.05, 0.1) is 29.3 Å². The molecule has 0 aliphatic carbocycles. The lowest BCUT2D eigenvalue weighted by Gasteiger charge is -2.21. The molecule has 5 nitrogen and oxygen atoms in total. The van der Waals surface area contributed by atoms with Gasteiger partial charge in [-0.05, 0) is 36.2 Å². The summed E-state index contributed by atoms with van der Waals surface area (Å²) in [6.07, 6.45) is 0. The lowest BCUT2D eigenvalue weighted by molar-refractivity contribution is 0.0782. The zero-order valence-corrected chi connectivity index (χ0v) is 17.0. The van der Waals surface area contributed by atoms with Gasteiger partial charge in [0, 0.05) is 13.6 Å². The van der Waals surface area contributed by atoms with Crippen LogP contribution in [0.4, 0.5) is 0 Å². The Labute approximate surface area is 167 Å². The Kier molecular flexibility index (Phi) is 6.50. The van der Waals surface area contributed by atoms with E-state index in [9.17, 15) is 9.90 Å². The number of benzene rings is 2. The van der Waals surface area contributed by atoms with E-state index in [1.54, 1.807) is 20.2 Å². The zero-order valence-electron chi connectivity index (χ0n) is 14.7. The first-order valence-electron chi connectivity index (χ1n) is 7.54. The van der Waals surface area contributed by atoms with Crippen molar-refractivity contribution in [2.75, 3.05) is 21.3 Å². The molecule has 0 saturated heterocycles. The molecule has 1 N–H and O–H groups in total. The molecule has 0 spiro atoms. The van der Waals surface area contributed by atoms with Gasteiger partial charge in [-0.15, -0.1) is 0 Å². The molecule has 0 bridgehead atoms. The van der Waals surface area contributed by atoms with E-state index in [4.69, 9.17) is 44.3 Å². The van der Waals surface area contributed by atoms with E-state index < -0.39 is 11.7 Å². The largest absolute Gasteiger partial charge is 0.505 e. The van der Waals surface area contributed by atoms with Crippen LogP contribution < -0.4 is 9.47 Å². The molecule has 0 unspecified atom stereocenters. The number of nitrogens with zero attached hydrogens (tertiary/aromatic N) is 1. The first-order valence-corrected chi connectivity index (χ1v) is 8.68. The molecular formula is C18H18Cl3NO4. The van der Waals surface area contributed by atoms with E-state index in [2.05, 4.69) is 0 Å². The first-order chi connectivity index (χ1) is 12.2. The lowest BCUT2D eigenvalue weighted by Crippen LogP contribution is -2.27. The Bertz CT molecular complexity index is 829. The summed E-state index contributed by atoms with van der Waals surface area (Å²) < 4.78 is 10.6. The standard InChI is InChI=1S/C18H18Cl3NO4/c1-9-5-13(25-3)14(26-4)6-10(9)8-22(2)18(24)15-16(21)11(19)7-12(20)17(15)23/h5-7,23H,8H2,1-4H3. The van der Waals surface area contributed by atoms with Gasteiger partial charge in [-0.1, -0.05) is 34.8 Å². The summed E-state index contributed by atoms with van der Waals surface area (Å²) in [7, 11) is 4.68. The fourth-order valence-corrected chi connectivity index (χ4v) is 3.18. The van der Waals surface area contributed by atoms with Gasteiger partial charge in [0.15, 0.2) is 11.5 Å². The molecule has 140 valence electrons. The fourth-order valence-electron chi connectivity index (χ4n) is 2.49. The number of ether oxygens (including phenoxy) is 2. The minimum Gasteiger partial charge on any atom is -0.505 e. The molecule has 0 fully saturated rings. The van der Waals surface area contributed by atoms with Crippen molar-refractivity contribution in [2.24, 2.45) is 0 Å². The van der Waals surface area contributed by atoms with Crippen molar-refractivity contribution in [3.05, 3.63) is 50.0 Å². The van der Waals surface area contributed by atoms with Gasteiger partial charge in [0.1, 0.15) is 11.3 Å². The number of aryl methyl sites for hydroxylation is 1. The van der Waals surface area contributed by atoms with Gasteiger partial charge in [-0.3, -0.25) is 4.79 Å². The Morgan fingerprint density at radius 2 is 1.65 bits per heavy atom. The predicted molar refractivity (Wildman–Crippen MR) is 103 cm³/mol. The maximum absolute atomic E-state index is 12.8. The van der Waals surface area contributed by atoms with Crippen molar-refractivity contribution in [1.29, 1.82) is 0 Å². The highest BCUT2D eigenvalue weighted by Gasteiger charge is 2.24. The van der Waals surface area contributed by atoms with Gasteiger partial charge < -0.3 is 19.5 Å². The van der Waals surface area contributed by atoms with Crippen LogP contribution in [0.5, 0.6) is 17.2 Å². The zero-order chi connectivity index (χ0) is 19.6. The van der Waals surface area contributed by atoms with Crippen molar-refractivity contribution in [1.82, 2.24) is 4.90 Å². The summed E-state index contributed by atoms with van der Waals surface area (Å²) in [5, 5.41) is 10.1. The molecule has 2 rings (SSSR count). The number of methoxy groups -OCH3 is 2. The molecule has 0 heterocycles. The number of carbonyl (C=O) groups excluding carboxylic acids is 1. The molecule has 8 heteroatoms. The highest BCUT2D eigenvalue weighted by atomic mass is 35.5. The molecule has 1 amide bonds. The number of hydrogen-bond donors (Lipinski definition) is 1. The van der Waals surface area contributed by atoms with Crippen LogP contribution in [0.3, 0.4) is 0 Å². The Morgan fingerprint density at radius 1 is 1.08 bits per heavy atom. The van der Waals surface area contributed by atoms with Crippen LogP contribution in [0.2, 0.25) is 15.1 Å². The number of halogens is 3. The van der Waals surface area contributed by atoms with E-state index in [1.807, 2.05) is 13.0 Å². The van der Waals surface area contributed by atoms with Crippen molar-refractivity contribution >= 4 is 40.7 Å². The number of rotatable bonds is 5. The Morgan fingerprint density at radius 3 is 2.23 bits per heavy atom. The first kappa shape index (κ1) is 20.5. The molecule has 0 radical (unpaired) electrons. The topological polar surface area (TPSA) is 59.0 Å². The summed E-state index contributed by atoms with van der Waals surface area (Å²) in [5.74, 6) is 0.249. The average Bonchev–Trinajstić information content (AvgIpc) is 2.61. The molecule has 0 aliphatic rings. The number of aromatic hydroxyl groups is 1. The molecule has 0 aromatic heterocycles. The van der Waals surface area contributed by atoms with Crippen LogP contribution in [0.1, 0.15) is 21.5 Å². The number of carbonyl (C=O) groups is 1. The molecule has 0 aliphatic heterocycles. The highest BCUT2D eigenvalue weighted by Crippen LogP contribution is 2.39. The lowest BCUT2D eigenvalue weighted by atomic mass is 10.1. The van der Waals surface area contributed by atoms with Gasteiger partial charge >= 0.3 is 0 Å². The monoisotopic (exact) mass is 417 g/mol. The quantitative estimate of drug-likeness (QED) is 0.698. The second-order valence-electron chi connectivity index (χ2n) is 5.67. The molecule has 0 saturated carbocycles. The fraction of sp³-hybridized carbons (Fsp3) is 0.278. The third kappa shape index (κ3) is 3.95. The van der Waals surface area contributed by atoms with E-state index in [-0.39, 0.29) is 27.2 Å². The summed E-state index contributed by atoms with van der Waals surface area (Å²) in [4.78, 5) is 14.2. The van der Waals surface area contributed by atoms with Crippen LogP contribution in [-0.4, -0.2) is 37.2 Å². The molecule has 2 aromatic carbocycles. The number of phenolic OH excluding ortho intramolecular Hbond substituents is 1. The van der Waals surface area contributed by atoms with Gasteiger partial charge in [-0.2, -0.15) is 0 Å². The number of amides is 1. The number of hydrogen-bond acceptors (Lipinski definition) is 4. The third-order valence-electron chi connectivity index (χ3n) is 3.96. The van der Waals surface area contributed by atoms with Crippen LogP contribution in [-0.2, 0) is 6.54 Å². The maximum Gasteiger partial charge on any atom is 0.259 e. The smallest absolute Gasteiger partial charge is 0.259 e. The van der Waals surface area contributed by atoms with Crippen LogP contribution in [0, 0.1) is 6.92 Å². The Balaban J connectivity index is 2.37. The minimum absolute atomic E-state index is 0.0431. The molecular weight excluding hydrogens is 401 g/mol. The predicted octanol–water partition coefficient (Wildman–Crippen LogP) is 4.95. The summed E-state index contributed by atoms with van der Waals surface area (Å²) in [5.41, 5.74) is 1.63. The SMILES string of the molecule is COc1cc(C)c(CN(C)C(=O)c2c(O)c(Cl)cc(Cl)c2Cl)cc1OC. The second-order valence-corrected chi connectivity index (χ2v) is 6.87. The average molecular weight is 419 g/mol. The van der Waals surface area contributed by atoms with Crippen LogP contribution in [0.25, 0.3) is 0 Å². The molecule has 0 atom stereocenters. The molecule has 2 aromatic rings. The van der Waals surface area contributed by atoms with Crippen LogP contribution in [0.15, 0.2) is 18.2 Å². The van der Waals surface area contributed by atoms with Crippen molar-refractivity contribution in [3.8, 4) is 17.2 Å². The minimum atomic E-state index is -0.508. The summed E-state index contributed by atoms with van der Waals surface area (Å²) in [6.45, 7) is 2.15. The Hall–Kier alpha value is -1.82. The maximum atomic E-state index is 12.8. The summed E-state index contributed by atoms with van der Waals surface area (Å²) >= 11 is 18.0. The van der Waals surface area contributed by atoms with Crippen molar-refractivity contribution in [2.45, 2.75) is 13.5 Å². The third-order valence-corrected chi connectivity index (χ3v) is 5.03. The number of phenols is 1. The molecule has 26 heavy (non-hydrogen) atoms. The van der Waals surface area contributed by atoms with Gasteiger partial charge in [0.25, 0.3) is 5.91 Å².